The van der Waals surface area contributed by atoms with E-state index in [1.807, 2.05) is 4.90 Å². The van der Waals surface area contributed by atoms with Crippen LogP contribution in [-0.2, 0) is 15.3 Å². The third kappa shape index (κ3) is 5.23. The highest BCUT2D eigenvalue weighted by Crippen LogP contribution is 2.16. The molecule has 1 unspecified atom stereocenters. The van der Waals surface area contributed by atoms with E-state index in [-0.39, 0.29) is 5.91 Å². The van der Waals surface area contributed by atoms with E-state index in [2.05, 4.69) is 36.1 Å². The second-order valence-corrected chi connectivity index (χ2v) is 7.78. The first-order chi connectivity index (χ1) is 11.7. The number of amides is 1. The Balaban J connectivity index is 1.34. The molecule has 0 aliphatic carbocycles. The third-order valence-corrected chi connectivity index (χ3v) is 5.78. The molecule has 2 fully saturated rings. The van der Waals surface area contributed by atoms with Crippen molar-refractivity contribution in [1.82, 2.24) is 9.80 Å². The van der Waals surface area contributed by atoms with E-state index < -0.39 is 0 Å². The second-order valence-electron chi connectivity index (χ2n) is 6.80. The molecule has 3 rings (SSSR count). The quantitative estimate of drug-likeness (QED) is 0.791. The minimum Gasteiger partial charge on any atom is -0.377 e. The Hall–Kier alpha value is -1.04. The van der Waals surface area contributed by atoms with Gasteiger partial charge in [0.15, 0.2) is 0 Å². The van der Waals surface area contributed by atoms with Gasteiger partial charge in [0.25, 0.3) is 0 Å². The number of carbonyl (C=O) groups is 1. The number of piperazine rings is 1. The number of hydrogen-bond acceptors (Lipinski definition) is 4. The Labute approximate surface area is 149 Å². The summed E-state index contributed by atoms with van der Waals surface area (Å²) >= 11 is 1.72. The molecule has 1 amide bonds. The summed E-state index contributed by atoms with van der Waals surface area (Å²) in [5, 5.41) is 0. The summed E-state index contributed by atoms with van der Waals surface area (Å²) in [6.07, 6.45) is 2.80. The fraction of sp³-hybridized carbons (Fsp3) is 0.632. The number of carbonyl (C=O) groups excluding carboxylic acids is 1. The van der Waals surface area contributed by atoms with Gasteiger partial charge in [-0.2, -0.15) is 0 Å². The largest absolute Gasteiger partial charge is 0.377 e. The van der Waals surface area contributed by atoms with Crippen LogP contribution in [0.4, 0.5) is 0 Å². The van der Waals surface area contributed by atoms with Gasteiger partial charge in [-0.15, -0.1) is 11.8 Å². The fourth-order valence-corrected chi connectivity index (χ4v) is 4.28. The molecule has 2 aliphatic heterocycles. The molecular formula is C19H28N2O2S. The first-order valence-electron chi connectivity index (χ1n) is 8.96. The molecule has 0 N–H and O–H groups in total. The van der Waals surface area contributed by atoms with Crippen LogP contribution in [0.2, 0.25) is 0 Å². The normalized spacial score (nSPS) is 22.0. The van der Waals surface area contributed by atoms with E-state index in [9.17, 15) is 4.79 Å². The summed E-state index contributed by atoms with van der Waals surface area (Å²) in [4.78, 5) is 16.8. The molecule has 1 aromatic carbocycles. The Bertz CT molecular complexity index is 538. The van der Waals surface area contributed by atoms with E-state index in [0.29, 0.717) is 11.9 Å². The predicted octanol–water partition coefficient (Wildman–Crippen LogP) is 2.55. The van der Waals surface area contributed by atoms with E-state index in [0.717, 1.165) is 45.1 Å². The minimum absolute atomic E-state index is 0.282. The molecule has 0 bridgehead atoms. The van der Waals surface area contributed by atoms with Crippen molar-refractivity contribution in [3.8, 4) is 0 Å². The van der Waals surface area contributed by atoms with Crippen molar-refractivity contribution in [3.63, 3.8) is 0 Å². The van der Waals surface area contributed by atoms with Crippen molar-refractivity contribution in [3.05, 3.63) is 35.4 Å². The lowest BCUT2D eigenvalue weighted by Gasteiger charge is -2.35. The van der Waals surface area contributed by atoms with Gasteiger partial charge in [-0.25, -0.2) is 0 Å². The Morgan fingerprint density at radius 1 is 1.29 bits per heavy atom. The Morgan fingerprint density at radius 3 is 2.83 bits per heavy atom. The third-order valence-electron chi connectivity index (χ3n) is 4.79. The van der Waals surface area contributed by atoms with Crippen LogP contribution >= 0.6 is 11.8 Å². The van der Waals surface area contributed by atoms with E-state index in [1.165, 1.54) is 24.0 Å². The van der Waals surface area contributed by atoms with Gasteiger partial charge in [0.1, 0.15) is 0 Å². The maximum Gasteiger partial charge on any atom is 0.232 e. The summed E-state index contributed by atoms with van der Waals surface area (Å²) < 4.78 is 5.71. The Kier molecular flexibility index (Phi) is 6.58. The molecule has 0 radical (unpaired) electrons. The highest BCUT2D eigenvalue weighted by atomic mass is 32.2. The van der Waals surface area contributed by atoms with Crippen molar-refractivity contribution in [1.29, 1.82) is 0 Å². The summed E-state index contributed by atoms with van der Waals surface area (Å²) in [7, 11) is 0. The van der Waals surface area contributed by atoms with Crippen molar-refractivity contribution in [2.75, 3.05) is 45.1 Å². The predicted molar refractivity (Wildman–Crippen MR) is 99.3 cm³/mol. The summed E-state index contributed by atoms with van der Waals surface area (Å²) in [5.74, 6) is 1.77. The highest BCUT2D eigenvalue weighted by Gasteiger charge is 2.24. The van der Waals surface area contributed by atoms with Crippen LogP contribution in [0.15, 0.2) is 24.3 Å². The van der Waals surface area contributed by atoms with Gasteiger partial charge in [-0.1, -0.05) is 29.8 Å². The first-order valence-corrected chi connectivity index (χ1v) is 10.1. The number of rotatable bonds is 6. The molecule has 132 valence electrons. The van der Waals surface area contributed by atoms with Crippen molar-refractivity contribution < 1.29 is 9.53 Å². The molecule has 0 spiro atoms. The van der Waals surface area contributed by atoms with Crippen LogP contribution in [0, 0.1) is 6.92 Å². The van der Waals surface area contributed by atoms with Crippen molar-refractivity contribution in [2.45, 2.75) is 31.6 Å². The van der Waals surface area contributed by atoms with Gasteiger partial charge in [-0.3, -0.25) is 9.69 Å². The van der Waals surface area contributed by atoms with E-state index in [1.54, 1.807) is 11.8 Å². The van der Waals surface area contributed by atoms with Gasteiger partial charge in [0.05, 0.1) is 11.9 Å². The SMILES string of the molecule is Cc1cccc(CSCC(=O)N2CCN(CC3CCCO3)CC2)c1. The maximum absolute atomic E-state index is 12.4. The number of hydrogen-bond donors (Lipinski definition) is 0. The zero-order valence-electron chi connectivity index (χ0n) is 14.6. The van der Waals surface area contributed by atoms with Crippen LogP contribution in [-0.4, -0.2) is 66.9 Å². The zero-order valence-corrected chi connectivity index (χ0v) is 15.4. The molecule has 2 saturated heterocycles. The van der Waals surface area contributed by atoms with Crippen LogP contribution in [0.3, 0.4) is 0 Å². The lowest BCUT2D eigenvalue weighted by Crippen LogP contribution is -2.50. The average molecular weight is 349 g/mol. The topological polar surface area (TPSA) is 32.8 Å². The van der Waals surface area contributed by atoms with Crippen molar-refractivity contribution >= 4 is 17.7 Å². The standard InChI is InChI=1S/C19H28N2O2S/c1-16-4-2-5-17(12-16)14-24-15-19(22)21-9-7-20(8-10-21)13-18-6-3-11-23-18/h2,4-5,12,18H,3,6-11,13-15H2,1H3. The first kappa shape index (κ1) is 17.8. The Morgan fingerprint density at radius 2 is 2.12 bits per heavy atom. The van der Waals surface area contributed by atoms with Gasteiger partial charge in [-0.05, 0) is 25.3 Å². The fourth-order valence-electron chi connectivity index (χ4n) is 3.41. The van der Waals surface area contributed by atoms with Gasteiger partial charge in [0.2, 0.25) is 5.91 Å². The molecular weight excluding hydrogens is 320 g/mol. The molecule has 0 saturated carbocycles. The zero-order chi connectivity index (χ0) is 16.8. The van der Waals surface area contributed by atoms with Crippen LogP contribution in [0.5, 0.6) is 0 Å². The molecule has 0 aromatic heterocycles. The number of ether oxygens (including phenoxy) is 1. The summed E-state index contributed by atoms with van der Waals surface area (Å²) in [6, 6.07) is 8.52. The lowest BCUT2D eigenvalue weighted by molar-refractivity contribution is -0.130. The highest BCUT2D eigenvalue weighted by molar-refractivity contribution is 7.99. The van der Waals surface area contributed by atoms with Crippen molar-refractivity contribution in [2.24, 2.45) is 0 Å². The summed E-state index contributed by atoms with van der Waals surface area (Å²) in [6.45, 7) is 7.73. The number of thioether (sulfide) groups is 1. The molecule has 2 aliphatic rings. The number of benzene rings is 1. The number of nitrogens with zero attached hydrogens (tertiary/aromatic N) is 2. The van der Waals surface area contributed by atoms with E-state index in [4.69, 9.17) is 4.74 Å². The lowest BCUT2D eigenvalue weighted by atomic mass is 10.2. The van der Waals surface area contributed by atoms with Crippen LogP contribution < -0.4 is 0 Å². The molecule has 1 aromatic rings. The van der Waals surface area contributed by atoms with Gasteiger partial charge >= 0.3 is 0 Å². The average Bonchev–Trinajstić information content (AvgIpc) is 3.08. The molecule has 24 heavy (non-hydrogen) atoms. The molecule has 1 atom stereocenters. The summed E-state index contributed by atoms with van der Waals surface area (Å²) in [5.41, 5.74) is 2.58. The van der Waals surface area contributed by atoms with Crippen LogP contribution in [0.25, 0.3) is 0 Å². The minimum atomic E-state index is 0.282. The van der Waals surface area contributed by atoms with E-state index >= 15 is 0 Å². The molecule has 4 nitrogen and oxygen atoms in total. The van der Waals surface area contributed by atoms with Crippen LogP contribution in [0.1, 0.15) is 24.0 Å². The van der Waals surface area contributed by atoms with Gasteiger partial charge < -0.3 is 9.64 Å². The molecule has 2 heterocycles. The second kappa shape index (κ2) is 8.88. The monoisotopic (exact) mass is 348 g/mol. The smallest absolute Gasteiger partial charge is 0.232 e. The molecule has 5 heteroatoms. The number of aryl methyl sites for hydroxylation is 1. The maximum atomic E-state index is 12.4. The van der Waals surface area contributed by atoms with Gasteiger partial charge in [0, 0.05) is 45.1 Å².